The molecule has 0 aromatic carbocycles. The van der Waals surface area contributed by atoms with E-state index in [-0.39, 0.29) is 5.75 Å². The number of sulfone groups is 1. The first kappa shape index (κ1) is 14.5. The smallest absolute Gasteiger partial charge is 0.148 e. The van der Waals surface area contributed by atoms with Gasteiger partial charge in [-0.2, -0.15) is 0 Å². The van der Waals surface area contributed by atoms with Crippen molar-refractivity contribution in [3.05, 3.63) is 29.1 Å². The summed E-state index contributed by atoms with van der Waals surface area (Å²) in [5.74, 6) is 0.207. The molecule has 0 atom stereocenters. The first-order valence-corrected chi connectivity index (χ1v) is 8.83. The number of aromatic nitrogens is 1. The molecule has 0 radical (unpaired) electrons. The highest BCUT2D eigenvalue weighted by Gasteiger charge is 2.15. The fraction of sp³-hybridized carbons (Fsp3) is 0.643. The molecule has 0 N–H and O–H groups in total. The SMILES string of the molecule is CN(CCS(C)(=O)=O)Cc1nccc2c1CCCC2. The van der Waals surface area contributed by atoms with E-state index in [1.54, 1.807) is 0 Å². The Morgan fingerprint density at radius 3 is 2.79 bits per heavy atom. The van der Waals surface area contributed by atoms with Crippen molar-refractivity contribution in [3.8, 4) is 0 Å². The summed E-state index contributed by atoms with van der Waals surface area (Å²) in [5, 5.41) is 0. The van der Waals surface area contributed by atoms with Crippen LogP contribution in [0.15, 0.2) is 12.3 Å². The topological polar surface area (TPSA) is 50.3 Å². The van der Waals surface area contributed by atoms with Crippen molar-refractivity contribution in [2.75, 3.05) is 25.6 Å². The molecule has 5 heteroatoms. The van der Waals surface area contributed by atoms with Gasteiger partial charge in [0.05, 0.1) is 11.4 Å². The molecule has 0 aliphatic heterocycles. The monoisotopic (exact) mass is 282 g/mol. The molecular weight excluding hydrogens is 260 g/mol. The molecule has 0 saturated heterocycles. The molecule has 1 aliphatic rings. The van der Waals surface area contributed by atoms with Crippen molar-refractivity contribution in [2.24, 2.45) is 0 Å². The van der Waals surface area contributed by atoms with E-state index in [4.69, 9.17) is 0 Å². The van der Waals surface area contributed by atoms with Gasteiger partial charge in [0.1, 0.15) is 9.84 Å². The largest absolute Gasteiger partial charge is 0.300 e. The maximum Gasteiger partial charge on any atom is 0.148 e. The third-order valence-corrected chi connectivity index (χ3v) is 4.55. The predicted molar refractivity (Wildman–Crippen MR) is 76.9 cm³/mol. The highest BCUT2D eigenvalue weighted by molar-refractivity contribution is 7.90. The van der Waals surface area contributed by atoms with Gasteiger partial charge in [-0.3, -0.25) is 9.88 Å². The van der Waals surface area contributed by atoms with E-state index < -0.39 is 9.84 Å². The minimum Gasteiger partial charge on any atom is -0.300 e. The van der Waals surface area contributed by atoms with Crippen LogP contribution in [0.1, 0.15) is 29.7 Å². The van der Waals surface area contributed by atoms with E-state index >= 15 is 0 Å². The fourth-order valence-electron chi connectivity index (χ4n) is 2.53. The molecule has 0 fully saturated rings. The number of pyridine rings is 1. The lowest BCUT2D eigenvalue weighted by Crippen LogP contribution is -2.26. The van der Waals surface area contributed by atoms with Crippen LogP contribution in [0.5, 0.6) is 0 Å². The molecule has 0 bridgehead atoms. The Balaban J connectivity index is 2.03. The van der Waals surface area contributed by atoms with Gasteiger partial charge >= 0.3 is 0 Å². The summed E-state index contributed by atoms with van der Waals surface area (Å²) >= 11 is 0. The molecule has 2 rings (SSSR count). The highest BCUT2D eigenvalue weighted by Crippen LogP contribution is 2.23. The Hall–Kier alpha value is -0.940. The van der Waals surface area contributed by atoms with Gasteiger partial charge in [0.25, 0.3) is 0 Å². The zero-order valence-corrected chi connectivity index (χ0v) is 12.5. The van der Waals surface area contributed by atoms with Crippen LogP contribution in [-0.2, 0) is 29.2 Å². The van der Waals surface area contributed by atoms with E-state index in [1.165, 1.54) is 30.2 Å². The Morgan fingerprint density at radius 2 is 2.05 bits per heavy atom. The number of hydrogen-bond acceptors (Lipinski definition) is 4. The standard InChI is InChI=1S/C14H22N2O2S/c1-16(9-10-19(2,17)18)11-14-13-6-4-3-5-12(13)7-8-15-14/h7-8H,3-6,9-11H2,1-2H3. The predicted octanol–water partition coefficient (Wildman–Crippen LogP) is 1.44. The molecule has 106 valence electrons. The molecule has 19 heavy (non-hydrogen) atoms. The second-order valence-electron chi connectivity index (χ2n) is 5.47. The van der Waals surface area contributed by atoms with E-state index in [9.17, 15) is 8.42 Å². The zero-order valence-electron chi connectivity index (χ0n) is 11.7. The second-order valence-corrected chi connectivity index (χ2v) is 7.73. The van der Waals surface area contributed by atoms with Crippen LogP contribution in [0.2, 0.25) is 0 Å². The van der Waals surface area contributed by atoms with Gasteiger partial charge in [0.2, 0.25) is 0 Å². The average molecular weight is 282 g/mol. The molecule has 0 saturated carbocycles. The van der Waals surface area contributed by atoms with Gasteiger partial charge in [-0.05, 0) is 49.9 Å². The summed E-state index contributed by atoms with van der Waals surface area (Å²) < 4.78 is 22.4. The molecule has 1 heterocycles. The maximum absolute atomic E-state index is 11.2. The van der Waals surface area contributed by atoms with Crippen LogP contribution in [0, 0.1) is 0 Å². The Labute approximate surface area is 115 Å². The van der Waals surface area contributed by atoms with Crippen LogP contribution in [0.25, 0.3) is 0 Å². The number of aryl methyl sites for hydroxylation is 1. The highest BCUT2D eigenvalue weighted by atomic mass is 32.2. The molecule has 4 nitrogen and oxygen atoms in total. The van der Waals surface area contributed by atoms with Gasteiger partial charge in [-0.1, -0.05) is 0 Å². The molecule has 1 aromatic heterocycles. The molecular formula is C14H22N2O2S. The first-order valence-electron chi connectivity index (χ1n) is 6.77. The molecule has 0 amide bonds. The van der Waals surface area contributed by atoms with E-state index in [1.807, 2.05) is 18.1 Å². The summed E-state index contributed by atoms with van der Waals surface area (Å²) in [4.78, 5) is 6.53. The average Bonchev–Trinajstić information content (AvgIpc) is 2.36. The van der Waals surface area contributed by atoms with Crippen LogP contribution in [-0.4, -0.2) is 43.9 Å². The summed E-state index contributed by atoms with van der Waals surface area (Å²) in [6, 6.07) is 2.12. The van der Waals surface area contributed by atoms with Gasteiger partial charge in [0, 0.05) is 25.5 Å². The van der Waals surface area contributed by atoms with Crippen molar-refractivity contribution >= 4 is 9.84 Å². The quantitative estimate of drug-likeness (QED) is 0.820. The van der Waals surface area contributed by atoms with Crippen molar-refractivity contribution < 1.29 is 8.42 Å². The van der Waals surface area contributed by atoms with E-state index in [0.717, 1.165) is 25.1 Å². The van der Waals surface area contributed by atoms with E-state index in [0.29, 0.717) is 6.54 Å². The van der Waals surface area contributed by atoms with Gasteiger partial charge in [0.15, 0.2) is 0 Å². The molecule has 0 unspecified atom stereocenters. The minimum atomic E-state index is -2.89. The van der Waals surface area contributed by atoms with Gasteiger partial charge < -0.3 is 0 Å². The molecule has 0 spiro atoms. The third-order valence-electron chi connectivity index (χ3n) is 3.63. The van der Waals surface area contributed by atoms with Crippen molar-refractivity contribution in [3.63, 3.8) is 0 Å². The fourth-order valence-corrected chi connectivity index (χ4v) is 3.17. The lowest BCUT2D eigenvalue weighted by molar-refractivity contribution is 0.340. The van der Waals surface area contributed by atoms with Crippen molar-refractivity contribution in [1.29, 1.82) is 0 Å². The van der Waals surface area contributed by atoms with Gasteiger partial charge in [-0.15, -0.1) is 0 Å². The lowest BCUT2D eigenvalue weighted by atomic mass is 9.91. The van der Waals surface area contributed by atoms with Crippen LogP contribution >= 0.6 is 0 Å². The summed E-state index contributed by atoms with van der Waals surface area (Å²) in [6.45, 7) is 1.29. The number of hydrogen-bond donors (Lipinski definition) is 0. The van der Waals surface area contributed by atoms with Crippen LogP contribution in [0.4, 0.5) is 0 Å². The van der Waals surface area contributed by atoms with E-state index in [2.05, 4.69) is 11.1 Å². The molecule has 1 aromatic rings. The first-order chi connectivity index (χ1) is 8.96. The third kappa shape index (κ3) is 4.28. The second kappa shape index (κ2) is 6.01. The summed E-state index contributed by atoms with van der Waals surface area (Å²) in [5.41, 5.74) is 3.93. The van der Waals surface area contributed by atoms with Crippen molar-refractivity contribution in [2.45, 2.75) is 32.2 Å². The summed E-state index contributed by atoms with van der Waals surface area (Å²) in [6.07, 6.45) is 7.92. The summed E-state index contributed by atoms with van der Waals surface area (Å²) in [7, 11) is -0.937. The van der Waals surface area contributed by atoms with Crippen LogP contribution < -0.4 is 0 Å². The Bertz CT molecular complexity index is 540. The zero-order chi connectivity index (χ0) is 13.9. The maximum atomic E-state index is 11.2. The van der Waals surface area contributed by atoms with Gasteiger partial charge in [-0.25, -0.2) is 8.42 Å². The normalized spacial score (nSPS) is 15.5. The molecule has 1 aliphatic carbocycles. The van der Waals surface area contributed by atoms with Crippen molar-refractivity contribution in [1.82, 2.24) is 9.88 Å². The minimum absolute atomic E-state index is 0.207. The van der Waals surface area contributed by atoms with Crippen LogP contribution in [0.3, 0.4) is 0 Å². The lowest BCUT2D eigenvalue weighted by Gasteiger charge is -2.22. The number of fused-ring (bicyclic) bond motifs is 1. The Kier molecular flexibility index (Phi) is 4.58. The number of nitrogens with zero attached hydrogens (tertiary/aromatic N) is 2. The number of rotatable bonds is 5. The Morgan fingerprint density at radius 1 is 1.32 bits per heavy atom.